The minimum absolute atomic E-state index is 0.192. The number of anilines is 2. The Labute approximate surface area is 229 Å². The van der Waals surface area contributed by atoms with Crippen LogP contribution in [0.25, 0.3) is 21.7 Å². The number of amides is 2. The standard InChI is InChI=1S/C29H34N6O3S/c1-20-18-26(24-8-4-5-11-25(24)31-20)32-29(36)30-15-17-35-16-14-21(19-35)33-39(37,38)28-13-7-9-22-23(28)10-6-12-27(22)34(2)3/h4-13,18,21,33H,14-17,19H2,1-3H3,(H2,30,31,32,36). The smallest absolute Gasteiger partial charge is 0.319 e. The van der Waals surface area contributed by atoms with Gasteiger partial charge in [-0.1, -0.05) is 42.5 Å². The van der Waals surface area contributed by atoms with Crippen LogP contribution in [0, 0.1) is 6.92 Å². The number of aromatic nitrogens is 1. The molecule has 1 unspecified atom stereocenters. The molecule has 39 heavy (non-hydrogen) atoms. The molecule has 0 aliphatic carbocycles. The first-order valence-electron chi connectivity index (χ1n) is 13.1. The molecule has 5 rings (SSSR count). The van der Waals surface area contributed by atoms with E-state index >= 15 is 0 Å². The number of carbonyl (C=O) groups excluding carboxylic acids is 1. The van der Waals surface area contributed by atoms with Gasteiger partial charge in [0.1, 0.15) is 0 Å². The number of hydrogen-bond donors (Lipinski definition) is 3. The summed E-state index contributed by atoms with van der Waals surface area (Å²) in [6.45, 7) is 4.32. The maximum atomic E-state index is 13.4. The van der Waals surface area contributed by atoms with E-state index in [4.69, 9.17) is 0 Å². The number of likely N-dealkylation sites (tertiary alicyclic amines) is 1. The van der Waals surface area contributed by atoms with Crippen molar-refractivity contribution in [1.29, 1.82) is 0 Å². The largest absolute Gasteiger partial charge is 0.377 e. The molecule has 1 fully saturated rings. The number of nitrogens with zero attached hydrogens (tertiary/aromatic N) is 3. The number of hydrogen-bond acceptors (Lipinski definition) is 6. The van der Waals surface area contributed by atoms with Crippen molar-refractivity contribution in [2.75, 3.05) is 50.5 Å². The van der Waals surface area contributed by atoms with Gasteiger partial charge in [-0.2, -0.15) is 0 Å². The fourth-order valence-corrected chi connectivity index (χ4v) is 6.69. The van der Waals surface area contributed by atoms with E-state index in [-0.39, 0.29) is 12.1 Å². The Morgan fingerprint density at radius 3 is 2.59 bits per heavy atom. The molecule has 204 valence electrons. The van der Waals surface area contributed by atoms with Gasteiger partial charge in [-0.05, 0) is 44.2 Å². The number of urea groups is 1. The van der Waals surface area contributed by atoms with Crippen molar-refractivity contribution in [3.8, 4) is 0 Å². The van der Waals surface area contributed by atoms with Gasteiger partial charge in [0.2, 0.25) is 10.0 Å². The van der Waals surface area contributed by atoms with Crippen LogP contribution in [-0.4, -0.2) is 70.6 Å². The van der Waals surface area contributed by atoms with Crippen LogP contribution in [0.3, 0.4) is 0 Å². The predicted octanol–water partition coefficient (Wildman–Crippen LogP) is 3.94. The molecule has 1 aromatic heterocycles. The first kappa shape index (κ1) is 26.9. The monoisotopic (exact) mass is 546 g/mol. The Bertz CT molecular complexity index is 1620. The number of para-hydroxylation sites is 1. The number of aryl methyl sites for hydroxylation is 1. The maximum Gasteiger partial charge on any atom is 0.319 e. The van der Waals surface area contributed by atoms with E-state index in [9.17, 15) is 13.2 Å². The predicted molar refractivity (Wildman–Crippen MR) is 157 cm³/mol. The number of fused-ring (bicyclic) bond motifs is 2. The summed E-state index contributed by atoms with van der Waals surface area (Å²) in [7, 11) is 0.186. The van der Waals surface area contributed by atoms with Gasteiger partial charge in [0.15, 0.2) is 0 Å². The molecule has 0 radical (unpaired) electrons. The van der Waals surface area contributed by atoms with E-state index in [2.05, 4.69) is 25.2 Å². The number of pyridine rings is 1. The average molecular weight is 547 g/mol. The highest BCUT2D eigenvalue weighted by Crippen LogP contribution is 2.30. The summed E-state index contributed by atoms with van der Waals surface area (Å²) in [4.78, 5) is 21.5. The fourth-order valence-electron chi connectivity index (χ4n) is 5.21. The number of carbonyl (C=O) groups is 1. The molecule has 0 saturated carbocycles. The molecule has 1 aliphatic rings. The maximum absolute atomic E-state index is 13.4. The van der Waals surface area contributed by atoms with Crippen molar-refractivity contribution < 1.29 is 13.2 Å². The van der Waals surface area contributed by atoms with Crippen LogP contribution in [0.1, 0.15) is 12.1 Å². The quantitative estimate of drug-likeness (QED) is 0.309. The lowest BCUT2D eigenvalue weighted by atomic mass is 10.1. The topological polar surface area (TPSA) is 107 Å². The molecule has 2 heterocycles. The number of benzene rings is 3. The summed E-state index contributed by atoms with van der Waals surface area (Å²) in [5.41, 5.74) is 3.36. The lowest BCUT2D eigenvalue weighted by molar-refractivity contribution is 0.249. The second-order valence-corrected chi connectivity index (χ2v) is 11.8. The average Bonchev–Trinajstić information content (AvgIpc) is 3.34. The highest BCUT2D eigenvalue weighted by atomic mass is 32.2. The zero-order valence-corrected chi connectivity index (χ0v) is 23.3. The zero-order chi connectivity index (χ0) is 27.6. The molecule has 1 atom stereocenters. The fraction of sp³-hybridized carbons (Fsp3) is 0.310. The second kappa shape index (κ2) is 11.2. The van der Waals surface area contributed by atoms with Crippen molar-refractivity contribution in [1.82, 2.24) is 19.9 Å². The molecular weight excluding hydrogens is 512 g/mol. The third-order valence-corrected chi connectivity index (χ3v) is 8.61. The first-order chi connectivity index (χ1) is 18.7. The van der Waals surface area contributed by atoms with Gasteiger partial charge in [0.25, 0.3) is 0 Å². The Morgan fingerprint density at radius 2 is 1.77 bits per heavy atom. The SMILES string of the molecule is Cc1cc(NC(=O)NCCN2CCC(NS(=O)(=O)c3cccc4c(N(C)C)cccc34)C2)c2ccccc2n1. The Morgan fingerprint density at radius 1 is 1.03 bits per heavy atom. The molecule has 1 aliphatic heterocycles. The Hall–Kier alpha value is -3.73. The van der Waals surface area contributed by atoms with Crippen molar-refractivity contribution in [3.05, 3.63) is 72.4 Å². The van der Waals surface area contributed by atoms with Gasteiger partial charge in [-0.25, -0.2) is 17.9 Å². The number of rotatable bonds is 8. The highest BCUT2D eigenvalue weighted by molar-refractivity contribution is 7.89. The van der Waals surface area contributed by atoms with Crippen LogP contribution in [0.2, 0.25) is 0 Å². The van der Waals surface area contributed by atoms with E-state index < -0.39 is 10.0 Å². The molecule has 2 amide bonds. The summed E-state index contributed by atoms with van der Waals surface area (Å²) < 4.78 is 29.6. The molecular formula is C29H34N6O3S. The highest BCUT2D eigenvalue weighted by Gasteiger charge is 2.28. The van der Waals surface area contributed by atoms with Crippen molar-refractivity contribution >= 4 is 49.1 Å². The van der Waals surface area contributed by atoms with E-state index in [0.29, 0.717) is 36.3 Å². The third-order valence-electron chi connectivity index (χ3n) is 7.03. The molecule has 3 aromatic carbocycles. The minimum Gasteiger partial charge on any atom is -0.377 e. The minimum atomic E-state index is -3.71. The van der Waals surface area contributed by atoms with Crippen molar-refractivity contribution in [2.24, 2.45) is 0 Å². The lowest BCUT2D eigenvalue weighted by Gasteiger charge is -2.19. The van der Waals surface area contributed by atoms with Gasteiger partial charge >= 0.3 is 6.03 Å². The van der Waals surface area contributed by atoms with Gasteiger partial charge in [0.05, 0.1) is 16.1 Å². The Balaban J connectivity index is 1.16. The van der Waals surface area contributed by atoms with Crippen LogP contribution >= 0.6 is 0 Å². The van der Waals surface area contributed by atoms with Crippen LogP contribution in [-0.2, 0) is 10.0 Å². The van der Waals surface area contributed by atoms with Gasteiger partial charge in [-0.15, -0.1) is 0 Å². The molecule has 0 spiro atoms. The summed E-state index contributed by atoms with van der Waals surface area (Å²) in [5, 5.41) is 8.34. The molecule has 1 saturated heterocycles. The first-order valence-corrected chi connectivity index (χ1v) is 14.5. The summed E-state index contributed by atoms with van der Waals surface area (Å²) in [6, 6.07) is 20.2. The lowest BCUT2D eigenvalue weighted by Crippen LogP contribution is -2.39. The van der Waals surface area contributed by atoms with E-state index in [1.807, 2.05) is 80.5 Å². The van der Waals surface area contributed by atoms with Crippen LogP contribution in [0.15, 0.2) is 71.6 Å². The number of nitrogens with one attached hydrogen (secondary N) is 3. The van der Waals surface area contributed by atoms with Gasteiger partial charge in [-0.3, -0.25) is 9.88 Å². The van der Waals surface area contributed by atoms with Crippen molar-refractivity contribution in [2.45, 2.75) is 24.3 Å². The third kappa shape index (κ3) is 5.98. The van der Waals surface area contributed by atoms with E-state index in [1.165, 1.54) is 0 Å². The van der Waals surface area contributed by atoms with Gasteiger partial charge < -0.3 is 15.5 Å². The Kier molecular flexibility index (Phi) is 7.69. The molecule has 10 heteroatoms. The molecule has 9 nitrogen and oxygen atoms in total. The molecule has 0 bridgehead atoms. The zero-order valence-electron chi connectivity index (χ0n) is 22.4. The summed E-state index contributed by atoms with van der Waals surface area (Å²) in [6.07, 6.45) is 0.710. The van der Waals surface area contributed by atoms with Crippen LogP contribution < -0.4 is 20.3 Å². The van der Waals surface area contributed by atoms with Crippen LogP contribution in [0.4, 0.5) is 16.2 Å². The molecule has 3 N–H and O–H groups in total. The normalized spacial score (nSPS) is 16.0. The number of sulfonamides is 1. The van der Waals surface area contributed by atoms with E-state index in [1.54, 1.807) is 12.1 Å². The summed E-state index contributed by atoms with van der Waals surface area (Å²) >= 11 is 0. The molecule has 4 aromatic rings. The van der Waals surface area contributed by atoms with Gasteiger partial charge in [0, 0.05) is 67.3 Å². The van der Waals surface area contributed by atoms with E-state index in [0.717, 1.165) is 39.9 Å². The summed E-state index contributed by atoms with van der Waals surface area (Å²) in [5.74, 6) is 0. The van der Waals surface area contributed by atoms with Crippen LogP contribution in [0.5, 0.6) is 0 Å². The van der Waals surface area contributed by atoms with Crippen molar-refractivity contribution in [3.63, 3.8) is 0 Å². The second-order valence-electron chi connectivity index (χ2n) is 10.1.